The zero-order valence-electron chi connectivity index (χ0n) is 11.2. The van der Waals surface area contributed by atoms with E-state index >= 15 is 0 Å². The van der Waals surface area contributed by atoms with Crippen LogP contribution in [0.5, 0.6) is 0 Å². The second-order valence-corrected chi connectivity index (χ2v) is 5.12. The molecule has 1 aromatic rings. The van der Waals surface area contributed by atoms with Crippen molar-refractivity contribution in [2.24, 2.45) is 5.92 Å². The Balaban J connectivity index is 1.93. The van der Waals surface area contributed by atoms with Crippen LogP contribution in [0, 0.1) is 5.92 Å². The van der Waals surface area contributed by atoms with Gasteiger partial charge in [0.2, 0.25) is 5.91 Å². The zero-order valence-corrected chi connectivity index (χ0v) is 11.2. The van der Waals surface area contributed by atoms with Crippen molar-refractivity contribution in [3.63, 3.8) is 0 Å². The van der Waals surface area contributed by atoms with Gasteiger partial charge in [-0.05, 0) is 50.4 Å². The SMILES string of the molecule is CCc1ccc(NC(=O)C2CCNC(C)C2)cc1. The largest absolute Gasteiger partial charge is 0.326 e. The molecule has 2 rings (SSSR count). The minimum atomic E-state index is 0.145. The van der Waals surface area contributed by atoms with Crippen LogP contribution in [0.2, 0.25) is 0 Å². The van der Waals surface area contributed by atoms with Crippen molar-refractivity contribution in [2.45, 2.75) is 39.2 Å². The highest BCUT2D eigenvalue weighted by atomic mass is 16.1. The van der Waals surface area contributed by atoms with Crippen molar-refractivity contribution in [1.29, 1.82) is 0 Å². The zero-order chi connectivity index (χ0) is 13.0. The molecule has 0 aromatic heterocycles. The molecule has 1 aliphatic rings. The molecule has 2 atom stereocenters. The van der Waals surface area contributed by atoms with Gasteiger partial charge >= 0.3 is 0 Å². The van der Waals surface area contributed by atoms with Crippen LogP contribution in [0.3, 0.4) is 0 Å². The molecule has 3 heteroatoms. The summed E-state index contributed by atoms with van der Waals surface area (Å²) in [6, 6.07) is 8.56. The molecule has 98 valence electrons. The van der Waals surface area contributed by atoms with Crippen LogP contribution in [0.25, 0.3) is 0 Å². The van der Waals surface area contributed by atoms with E-state index in [0.717, 1.165) is 31.5 Å². The van der Waals surface area contributed by atoms with Crippen molar-refractivity contribution in [3.8, 4) is 0 Å². The predicted octanol–water partition coefficient (Wildman–Crippen LogP) is 2.58. The number of hydrogen-bond donors (Lipinski definition) is 2. The maximum absolute atomic E-state index is 12.1. The summed E-state index contributed by atoms with van der Waals surface area (Å²) in [5, 5.41) is 6.38. The maximum Gasteiger partial charge on any atom is 0.227 e. The Morgan fingerprint density at radius 3 is 2.72 bits per heavy atom. The second-order valence-electron chi connectivity index (χ2n) is 5.12. The molecule has 2 unspecified atom stereocenters. The first-order valence-corrected chi connectivity index (χ1v) is 6.82. The van der Waals surface area contributed by atoms with Gasteiger partial charge in [0.05, 0.1) is 0 Å². The number of rotatable bonds is 3. The monoisotopic (exact) mass is 246 g/mol. The summed E-state index contributed by atoms with van der Waals surface area (Å²) in [5.74, 6) is 0.305. The molecule has 1 heterocycles. The van der Waals surface area contributed by atoms with Gasteiger partial charge in [0.25, 0.3) is 0 Å². The van der Waals surface area contributed by atoms with Gasteiger partial charge in [-0.15, -0.1) is 0 Å². The number of aryl methyl sites for hydroxylation is 1. The van der Waals surface area contributed by atoms with Crippen LogP contribution >= 0.6 is 0 Å². The van der Waals surface area contributed by atoms with Gasteiger partial charge in [-0.2, -0.15) is 0 Å². The Kier molecular flexibility index (Phi) is 4.37. The average Bonchev–Trinajstić information content (AvgIpc) is 2.39. The third-order valence-corrected chi connectivity index (χ3v) is 3.62. The molecule has 18 heavy (non-hydrogen) atoms. The maximum atomic E-state index is 12.1. The number of benzene rings is 1. The Morgan fingerprint density at radius 1 is 1.39 bits per heavy atom. The number of amides is 1. The molecule has 2 N–H and O–H groups in total. The Morgan fingerprint density at radius 2 is 2.11 bits per heavy atom. The first-order valence-electron chi connectivity index (χ1n) is 6.82. The predicted molar refractivity (Wildman–Crippen MR) is 74.6 cm³/mol. The fraction of sp³-hybridized carbons (Fsp3) is 0.533. The summed E-state index contributed by atoms with van der Waals surface area (Å²) in [4.78, 5) is 12.1. The normalized spacial score (nSPS) is 23.7. The van der Waals surface area contributed by atoms with Crippen molar-refractivity contribution in [2.75, 3.05) is 11.9 Å². The lowest BCUT2D eigenvalue weighted by atomic mass is 9.92. The van der Waals surface area contributed by atoms with Crippen LogP contribution in [0.4, 0.5) is 5.69 Å². The quantitative estimate of drug-likeness (QED) is 0.860. The number of piperidine rings is 1. The topological polar surface area (TPSA) is 41.1 Å². The van der Waals surface area contributed by atoms with Gasteiger partial charge in [0.15, 0.2) is 0 Å². The lowest BCUT2D eigenvalue weighted by Crippen LogP contribution is -2.40. The van der Waals surface area contributed by atoms with E-state index in [0.29, 0.717) is 6.04 Å². The lowest BCUT2D eigenvalue weighted by Gasteiger charge is -2.27. The molecule has 1 saturated heterocycles. The number of carbonyl (C=O) groups is 1. The van der Waals surface area contributed by atoms with Crippen molar-refractivity contribution >= 4 is 11.6 Å². The van der Waals surface area contributed by atoms with Gasteiger partial charge in [-0.3, -0.25) is 4.79 Å². The fourth-order valence-corrected chi connectivity index (χ4v) is 2.44. The first-order chi connectivity index (χ1) is 8.69. The smallest absolute Gasteiger partial charge is 0.227 e. The average molecular weight is 246 g/mol. The van der Waals surface area contributed by atoms with Crippen LogP contribution in [-0.4, -0.2) is 18.5 Å². The molecular weight excluding hydrogens is 224 g/mol. The molecule has 1 aromatic carbocycles. The third-order valence-electron chi connectivity index (χ3n) is 3.62. The summed E-state index contributed by atoms with van der Waals surface area (Å²) in [5.41, 5.74) is 2.20. The van der Waals surface area contributed by atoms with Gasteiger partial charge in [-0.1, -0.05) is 19.1 Å². The summed E-state index contributed by atoms with van der Waals surface area (Å²) in [6.07, 6.45) is 2.89. The summed E-state index contributed by atoms with van der Waals surface area (Å²) < 4.78 is 0. The number of hydrogen-bond acceptors (Lipinski definition) is 2. The van der Waals surface area contributed by atoms with Gasteiger partial charge in [0, 0.05) is 17.6 Å². The first kappa shape index (κ1) is 13.1. The van der Waals surface area contributed by atoms with Crippen LogP contribution in [0.1, 0.15) is 32.3 Å². The molecular formula is C15H22N2O. The molecule has 0 bridgehead atoms. The standard InChI is InChI=1S/C15H22N2O/c1-3-12-4-6-14(7-5-12)17-15(18)13-8-9-16-11(2)10-13/h4-7,11,13,16H,3,8-10H2,1-2H3,(H,17,18). The molecule has 0 aliphatic carbocycles. The highest BCUT2D eigenvalue weighted by Crippen LogP contribution is 2.19. The molecule has 3 nitrogen and oxygen atoms in total. The molecule has 1 amide bonds. The van der Waals surface area contributed by atoms with E-state index in [9.17, 15) is 4.79 Å². The van der Waals surface area contributed by atoms with Crippen LogP contribution in [-0.2, 0) is 11.2 Å². The molecule has 0 spiro atoms. The van der Waals surface area contributed by atoms with Crippen LogP contribution in [0.15, 0.2) is 24.3 Å². The summed E-state index contributed by atoms with van der Waals surface area (Å²) in [6.45, 7) is 5.20. The van der Waals surface area contributed by atoms with E-state index in [2.05, 4.69) is 36.6 Å². The van der Waals surface area contributed by atoms with E-state index in [1.807, 2.05) is 12.1 Å². The fourth-order valence-electron chi connectivity index (χ4n) is 2.44. The highest BCUT2D eigenvalue weighted by molar-refractivity contribution is 5.92. The van der Waals surface area contributed by atoms with Gasteiger partial charge in [0.1, 0.15) is 0 Å². The Bertz CT molecular complexity index is 399. The summed E-state index contributed by atoms with van der Waals surface area (Å²) in [7, 11) is 0. The van der Waals surface area contributed by atoms with Gasteiger partial charge < -0.3 is 10.6 Å². The Labute approximate surface area is 109 Å². The highest BCUT2D eigenvalue weighted by Gasteiger charge is 2.24. The second kappa shape index (κ2) is 6.01. The lowest BCUT2D eigenvalue weighted by molar-refractivity contribution is -0.120. The van der Waals surface area contributed by atoms with Crippen molar-refractivity contribution < 1.29 is 4.79 Å². The summed E-state index contributed by atoms with van der Waals surface area (Å²) >= 11 is 0. The number of nitrogens with one attached hydrogen (secondary N) is 2. The third kappa shape index (κ3) is 3.33. The minimum Gasteiger partial charge on any atom is -0.326 e. The Hall–Kier alpha value is -1.35. The number of anilines is 1. The number of carbonyl (C=O) groups excluding carboxylic acids is 1. The van der Waals surface area contributed by atoms with E-state index in [-0.39, 0.29) is 11.8 Å². The molecule has 1 aliphatic heterocycles. The molecule has 0 saturated carbocycles. The molecule has 1 fully saturated rings. The van der Waals surface area contributed by atoms with Crippen molar-refractivity contribution in [1.82, 2.24) is 5.32 Å². The van der Waals surface area contributed by atoms with E-state index in [1.165, 1.54) is 5.56 Å². The van der Waals surface area contributed by atoms with Gasteiger partial charge in [-0.25, -0.2) is 0 Å². The van der Waals surface area contributed by atoms with Crippen molar-refractivity contribution in [3.05, 3.63) is 29.8 Å². The van der Waals surface area contributed by atoms with E-state index in [4.69, 9.17) is 0 Å². The van der Waals surface area contributed by atoms with E-state index in [1.54, 1.807) is 0 Å². The van der Waals surface area contributed by atoms with E-state index < -0.39 is 0 Å². The van der Waals surface area contributed by atoms with Crippen LogP contribution < -0.4 is 10.6 Å². The minimum absolute atomic E-state index is 0.145. The molecule has 0 radical (unpaired) electrons.